The molecule has 122 valence electrons. The van der Waals surface area contributed by atoms with Crippen LogP contribution in [0.2, 0.25) is 0 Å². The Morgan fingerprint density at radius 2 is 2.27 bits per heavy atom. The van der Waals surface area contributed by atoms with Gasteiger partial charge in [-0.15, -0.1) is 11.3 Å². The summed E-state index contributed by atoms with van der Waals surface area (Å²) in [6, 6.07) is 0.0314. The van der Waals surface area contributed by atoms with E-state index in [0.29, 0.717) is 5.92 Å². The van der Waals surface area contributed by atoms with E-state index in [1.54, 1.807) is 11.3 Å². The highest BCUT2D eigenvalue weighted by atomic mass is 32.1. The minimum absolute atomic E-state index is 0.0314. The maximum Gasteiger partial charge on any atom is 0.237 e. The van der Waals surface area contributed by atoms with Crippen molar-refractivity contribution in [3.8, 4) is 0 Å². The lowest BCUT2D eigenvalue weighted by molar-refractivity contribution is -0.122. The molecule has 1 aromatic rings. The van der Waals surface area contributed by atoms with Crippen LogP contribution in [0.1, 0.15) is 36.3 Å². The van der Waals surface area contributed by atoms with Gasteiger partial charge in [-0.25, -0.2) is 4.98 Å². The SMILES string of the molecule is Cc1nc(N2CCCC(CNC(=O)C3CCCN3)C2)sc1C. The van der Waals surface area contributed by atoms with Crippen molar-refractivity contribution >= 4 is 22.4 Å². The molecule has 0 bridgehead atoms. The Kier molecular flexibility index (Phi) is 4.98. The fraction of sp³-hybridized carbons (Fsp3) is 0.750. The lowest BCUT2D eigenvalue weighted by Gasteiger charge is -2.32. The molecule has 0 saturated carbocycles. The van der Waals surface area contributed by atoms with Gasteiger partial charge in [0.15, 0.2) is 5.13 Å². The van der Waals surface area contributed by atoms with Crippen LogP contribution < -0.4 is 15.5 Å². The second-order valence-electron chi connectivity index (χ2n) is 6.49. The van der Waals surface area contributed by atoms with Crippen molar-refractivity contribution in [3.05, 3.63) is 10.6 Å². The summed E-state index contributed by atoms with van der Waals surface area (Å²) < 4.78 is 0. The Balaban J connectivity index is 1.51. The molecule has 3 rings (SSSR count). The second kappa shape index (κ2) is 6.96. The van der Waals surface area contributed by atoms with E-state index in [4.69, 9.17) is 0 Å². The average molecular weight is 322 g/mol. The molecule has 2 saturated heterocycles. The summed E-state index contributed by atoms with van der Waals surface area (Å²) >= 11 is 1.79. The van der Waals surface area contributed by atoms with Crippen LogP contribution in [0.3, 0.4) is 0 Å². The Bertz CT molecular complexity index is 505. The largest absolute Gasteiger partial charge is 0.354 e. The Hall–Kier alpha value is -1.14. The third-order valence-electron chi connectivity index (χ3n) is 4.75. The van der Waals surface area contributed by atoms with Crippen molar-refractivity contribution < 1.29 is 4.79 Å². The monoisotopic (exact) mass is 322 g/mol. The highest BCUT2D eigenvalue weighted by Gasteiger charge is 2.25. The zero-order valence-electron chi connectivity index (χ0n) is 13.5. The van der Waals surface area contributed by atoms with E-state index >= 15 is 0 Å². The van der Waals surface area contributed by atoms with Crippen LogP contribution in [0.5, 0.6) is 0 Å². The van der Waals surface area contributed by atoms with Gasteiger partial charge < -0.3 is 15.5 Å². The normalized spacial score (nSPS) is 25.5. The number of carbonyl (C=O) groups is 1. The van der Waals surface area contributed by atoms with Crippen LogP contribution in [0.15, 0.2) is 0 Å². The number of hydrogen-bond donors (Lipinski definition) is 2. The van der Waals surface area contributed by atoms with Crippen LogP contribution >= 0.6 is 11.3 Å². The van der Waals surface area contributed by atoms with Crippen molar-refractivity contribution in [1.82, 2.24) is 15.6 Å². The van der Waals surface area contributed by atoms with Crippen molar-refractivity contribution in [2.45, 2.75) is 45.6 Å². The predicted octanol–water partition coefficient (Wildman–Crippen LogP) is 1.84. The molecule has 0 aliphatic carbocycles. The molecule has 5 nitrogen and oxygen atoms in total. The summed E-state index contributed by atoms with van der Waals surface area (Å²) in [4.78, 5) is 20.5. The van der Waals surface area contributed by atoms with Gasteiger partial charge >= 0.3 is 0 Å². The number of aryl methyl sites for hydroxylation is 2. The molecule has 6 heteroatoms. The number of piperidine rings is 1. The standard InChI is InChI=1S/C16H26N4OS/c1-11-12(2)22-16(19-11)20-8-4-5-13(10-20)9-18-15(21)14-6-3-7-17-14/h13-14,17H,3-10H2,1-2H3,(H,18,21). The number of hydrogen-bond acceptors (Lipinski definition) is 5. The number of anilines is 1. The van der Waals surface area contributed by atoms with E-state index in [2.05, 4.69) is 34.4 Å². The van der Waals surface area contributed by atoms with Gasteiger partial charge in [-0.05, 0) is 52.0 Å². The van der Waals surface area contributed by atoms with Gasteiger partial charge in [0.05, 0.1) is 11.7 Å². The highest BCUT2D eigenvalue weighted by molar-refractivity contribution is 7.15. The third kappa shape index (κ3) is 3.60. The van der Waals surface area contributed by atoms with Gasteiger partial charge in [-0.2, -0.15) is 0 Å². The minimum atomic E-state index is 0.0314. The first-order chi connectivity index (χ1) is 10.6. The number of aromatic nitrogens is 1. The van der Waals surface area contributed by atoms with Gasteiger partial charge in [-0.3, -0.25) is 4.79 Å². The number of amides is 1. The summed E-state index contributed by atoms with van der Waals surface area (Å²) in [6.45, 7) is 8.05. The summed E-state index contributed by atoms with van der Waals surface area (Å²) in [5.41, 5.74) is 1.14. The molecule has 0 aromatic carbocycles. The maximum atomic E-state index is 12.1. The van der Waals surface area contributed by atoms with E-state index in [-0.39, 0.29) is 11.9 Å². The molecule has 2 N–H and O–H groups in total. The highest BCUT2D eigenvalue weighted by Crippen LogP contribution is 2.28. The van der Waals surface area contributed by atoms with Crippen LogP contribution in [-0.2, 0) is 4.79 Å². The van der Waals surface area contributed by atoms with Crippen molar-refractivity contribution in [2.75, 3.05) is 31.1 Å². The van der Waals surface area contributed by atoms with Gasteiger partial charge in [0.25, 0.3) is 0 Å². The molecule has 2 unspecified atom stereocenters. The average Bonchev–Trinajstić information content (AvgIpc) is 3.16. The van der Waals surface area contributed by atoms with Gasteiger partial charge in [-0.1, -0.05) is 0 Å². The van der Waals surface area contributed by atoms with Crippen LogP contribution in [-0.4, -0.2) is 43.1 Å². The van der Waals surface area contributed by atoms with Gasteiger partial charge in [0.1, 0.15) is 0 Å². The Morgan fingerprint density at radius 1 is 1.41 bits per heavy atom. The topological polar surface area (TPSA) is 57.3 Å². The van der Waals surface area contributed by atoms with Crippen LogP contribution in [0, 0.1) is 19.8 Å². The molecule has 1 aromatic heterocycles. The number of nitrogens with zero attached hydrogens (tertiary/aromatic N) is 2. The van der Waals surface area contributed by atoms with Crippen LogP contribution in [0.4, 0.5) is 5.13 Å². The molecule has 0 spiro atoms. The first-order valence-electron chi connectivity index (χ1n) is 8.33. The lowest BCUT2D eigenvalue weighted by atomic mass is 9.98. The summed E-state index contributed by atoms with van der Waals surface area (Å²) in [7, 11) is 0. The Morgan fingerprint density at radius 3 is 2.95 bits per heavy atom. The van der Waals surface area contributed by atoms with E-state index in [1.807, 2.05) is 0 Å². The zero-order valence-corrected chi connectivity index (χ0v) is 14.3. The van der Waals surface area contributed by atoms with Gasteiger partial charge in [0.2, 0.25) is 5.91 Å². The molecule has 2 aliphatic rings. The van der Waals surface area contributed by atoms with Gasteiger partial charge in [0, 0.05) is 24.5 Å². The smallest absolute Gasteiger partial charge is 0.237 e. The maximum absolute atomic E-state index is 12.1. The van der Waals surface area contributed by atoms with E-state index in [1.165, 1.54) is 17.7 Å². The molecular weight excluding hydrogens is 296 g/mol. The zero-order chi connectivity index (χ0) is 15.5. The van der Waals surface area contributed by atoms with Crippen molar-refractivity contribution in [1.29, 1.82) is 0 Å². The summed E-state index contributed by atoms with van der Waals surface area (Å²) in [5, 5.41) is 7.54. The molecule has 22 heavy (non-hydrogen) atoms. The third-order valence-corrected chi connectivity index (χ3v) is 5.88. The van der Waals surface area contributed by atoms with E-state index in [9.17, 15) is 4.79 Å². The molecule has 2 aliphatic heterocycles. The molecule has 0 radical (unpaired) electrons. The first kappa shape index (κ1) is 15.7. The molecule has 3 heterocycles. The minimum Gasteiger partial charge on any atom is -0.354 e. The van der Waals surface area contributed by atoms with E-state index < -0.39 is 0 Å². The second-order valence-corrected chi connectivity index (χ2v) is 7.67. The van der Waals surface area contributed by atoms with Crippen molar-refractivity contribution in [2.24, 2.45) is 5.92 Å². The number of nitrogens with one attached hydrogen (secondary N) is 2. The fourth-order valence-corrected chi connectivity index (χ4v) is 4.22. The van der Waals surface area contributed by atoms with Crippen LogP contribution in [0.25, 0.3) is 0 Å². The first-order valence-corrected chi connectivity index (χ1v) is 9.15. The van der Waals surface area contributed by atoms with Crippen molar-refractivity contribution in [3.63, 3.8) is 0 Å². The molecule has 1 amide bonds. The fourth-order valence-electron chi connectivity index (χ4n) is 3.27. The number of rotatable bonds is 4. The summed E-state index contributed by atoms with van der Waals surface area (Å²) in [6.07, 6.45) is 4.45. The predicted molar refractivity (Wildman–Crippen MR) is 90.6 cm³/mol. The molecule has 2 fully saturated rings. The summed E-state index contributed by atoms with van der Waals surface area (Å²) in [5.74, 6) is 0.708. The molecular formula is C16H26N4OS. The number of carbonyl (C=O) groups excluding carboxylic acids is 1. The molecule has 2 atom stereocenters. The quantitative estimate of drug-likeness (QED) is 0.888. The Labute approximate surface area is 136 Å². The lowest BCUT2D eigenvalue weighted by Crippen LogP contribution is -2.45. The number of thiazole rings is 1. The van der Waals surface area contributed by atoms with E-state index in [0.717, 1.165) is 49.8 Å².